The molecule has 0 spiro atoms. The average Bonchev–Trinajstić information content (AvgIpc) is 3.25. The van der Waals surface area contributed by atoms with Crippen molar-refractivity contribution in [2.45, 2.75) is 141 Å². The van der Waals surface area contributed by atoms with Crippen LogP contribution >= 0.6 is 0 Å². The van der Waals surface area contributed by atoms with Gasteiger partial charge in [-0.05, 0) is 108 Å². The predicted octanol–water partition coefficient (Wildman–Crippen LogP) is 9.56. The van der Waals surface area contributed by atoms with E-state index in [1.807, 2.05) is 26.9 Å². The fourth-order valence-electron chi connectivity index (χ4n) is 9.40. The van der Waals surface area contributed by atoms with Crippen molar-refractivity contribution in [3.8, 4) is 0 Å². The van der Waals surface area contributed by atoms with Crippen LogP contribution in [0.1, 0.15) is 141 Å². The zero-order chi connectivity index (χ0) is 47.5. The molecule has 3 fully saturated rings. The molecular weight excluding hydrogens is 799 g/mol. The maximum Gasteiger partial charge on any atom is 0.246 e. The Kier molecular flexibility index (Phi) is 18.7. The molecule has 3 aliphatic carbocycles. The smallest absolute Gasteiger partial charge is 0.246 e. The summed E-state index contributed by atoms with van der Waals surface area (Å²) in [4.78, 5) is 68.7. The van der Waals surface area contributed by atoms with Crippen LogP contribution in [-0.4, -0.2) is 119 Å². The van der Waals surface area contributed by atoms with E-state index < -0.39 is 0 Å². The van der Waals surface area contributed by atoms with Crippen molar-refractivity contribution in [2.75, 3.05) is 65.4 Å². The van der Waals surface area contributed by atoms with Gasteiger partial charge in [-0.1, -0.05) is 106 Å². The van der Waals surface area contributed by atoms with E-state index in [0.29, 0.717) is 64.2 Å². The summed E-state index contributed by atoms with van der Waals surface area (Å²) in [6, 6.07) is 0. The Hall–Kier alpha value is -4.21. The van der Waals surface area contributed by atoms with Crippen LogP contribution in [0.25, 0.3) is 0 Å². The lowest BCUT2D eigenvalue weighted by Crippen LogP contribution is -2.49. The summed E-state index contributed by atoms with van der Waals surface area (Å²) in [5, 5.41) is 0. The molecule has 10 heteroatoms. The zero-order valence-corrected chi connectivity index (χ0v) is 42.1. The summed E-state index contributed by atoms with van der Waals surface area (Å²) in [5.41, 5.74) is 4.54. The van der Waals surface area contributed by atoms with Crippen LogP contribution in [0.15, 0.2) is 71.4 Å². The molecule has 3 heterocycles. The van der Waals surface area contributed by atoms with Crippen LogP contribution in [0.4, 0.5) is 0 Å². The number of piperazine rings is 2. The van der Waals surface area contributed by atoms with E-state index in [4.69, 9.17) is 0 Å². The molecule has 5 amide bonds. The number of hydrogen-bond donors (Lipinski definition) is 0. The Labute approximate surface area is 388 Å². The summed E-state index contributed by atoms with van der Waals surface area (Å²) in [6.07, 6.45) is 28.9. The van der Waals surface area contributed by atoms with Crippen molar-refractivity contribution in [2.24, 2.45) is 33.5 Å². The predicted molar refractivity (Wildman–Crippen MR) is 261 cm³/mol. The Bertz CT molecular complexity index is 1840. The molecule has 0 aromatic rings. The highest BCUT2D eigenvalue weighted by atomic mass is 16.2. The number of carbonyl (C=O) groups excluding carboxylic acids is 5. The third kappa shape index (κ3) is 15.7. The van der Waals surface area contributed by atoms with Gasteiger partial charge in [0.25, 0.3) is 0 Å². The minimum atomic E-state index is 0.0493. The van der Waals surface area contributed by atoms with Gasteiger partial charge < -0.3 is 24.5 Å². The minimum Gasteiger partial charge on any atom is -0.339 e. The zero-order valence-electron chi connectivity index (χ0n) is 42.1. The van der Waals surface area contributed by atoms with Crippen molar-refractivity contribution in [3.05, 3.63) is 71.4 Å². The number of hydrogen-bond acceptors (Lipinski definition) is 5. The second-order valence-electron chi connectivity index (χ2n) is 22.1. The maximum atomic E-state index is 12.4. The monoisotopic (exact) mass is 884 g/mol. The van der Waals surface area contributed by atoms with Crippen molar-refractivity contribution >= 4 is 29.5 Å². The average molecular weight is 884 g/mol. The van der Waals surface area contributed by atoms with Gasteiger partial charge in [-0.25, -0.2) is 0 Å². The van der Waals surface area contributed by atoms with Crippen LogP contribution < -0.4 is 0 Å². The highest BCUT2D eigenvalue weighted by molar-refractivity contribution is 5.89. The third-order valence-electron chi connectivity index (χ3n) is 14.6. The summed E-state index contributed by atoms with van der Waals surface area (Å²) in [6.45, 7) is 32.6. The summed E-state index contributed by atoms with van der Waals surface area (Å²) in [7, 11) is 0. The number of likely N-dealkylation sites (tertiary alicyclic amines) is 1. The Morgan fingerprint density at radius 3 is 1.16 bits per heavy atom. The van der Waals surface area contributed by atoms with Crippen LogP contribution in [0, 0.1) is 33.5 Å². The first kappa shape index (κ1) is 52.4. The number of allylic oxidation sites excluding steroid dienone is 9. The van der Waals surface area contributed by atoms with Gasteiger partial charge in [0.1, 0.15) is 0 Å². The first-order valence-corrected chi connectivity index (χ1v) is 24.5. The van der Waals surface area contributed by atoms with Gasteiger partial charge in [-0.15, -0.1) is 0 Å². The van der Waals surface area contributed by atoms with Gasteiger partial charge in [0.2, 0.25) is 29.5 Å². The molecule has 0 aromatic heterocycles. The van der Waals surface area contributed by atoms with Gasteiger partial charge in [0.05, 0.1) is 0 Å². The molecule has 2 atom stereocenters. The molecule has 6 rings (SSSR count). The molecule has 0 bridgehead atoms. The molecule has 0 aromatic carbocycles. The second kappa shape index (κ2) is 22.8. The second-order valence-corrected chi connectivity index (χ2v) is 22.1. The Morgan fingerprint density at radius 1 is 0.453 bits per heavy atom. The van der Waals surface area contributed by atoms with E-state index >= 15 is 0 Å². The normalized spacial score (nSPS) is 25.4. The molecule has 10 nitrogen and oxygen atoms in total. The number of nitrogens with zero attached hydrogens (tertiary/aromatic N) is 5. The Morgan fingerprint density at radius 2 is 0.781 bits per heavy atom. The summed E-state index contributed by atoms with van der Waals surface area (Å²) >= 11 is 0. The van der Waals surface area contributed by atoms with E-state index in [9.17, 15) is 24.0 Å². The highest BCUT2D eigenvalue weighted by Gasteiger charge is 2.33. The molecule has 356 valence electrons. The SMILES string of the molecule is CC(=O)N1CCN(C(=O)/C=C/C2=CC(C)(C)CCC2(C)C)CC1.CC(=O)N1CCN(C(=O)/C=C/C2=CC(C)CCC2(C)C)CC1.CC1C=C(/C=C/C(=O)N2CCCCC2)C(C)(C)CC1. The van der Waals surface area contributed by atoms with Gasteiger partial charge in [-0.2, -0.15) is 0 Å². The van der Waals surface area contributed by atoms with Gasteiger partial charge in [0.15, 0.2) is 0 Å². The minimum absolute atomic E-state index is 0.0493. The molecular formula is C54H85N5O5. The van der Waals surface area contributed by atoms with Gasteiger partial charge in [0, 0.05) is 97.5 Å². The van der Waals surface area contributed by atoms with Crippen LogP contribution in [0.3, 0.4) is 0 Å². The summed E-state index contributed by atoms with van der Waals surface area (Å²) < 4.78 is 0. The largest absolute Gasteiger partial charge is 0.339 e. The number of carbonyl (C=O) groups is 5. The van der Waals surface area contributed by atoms with Crippen LogP contribution in [0.5, 0.6) is 0 Å². The molecule has 3 saturated heterocycles. The van der Waals surface area contributed by atoms with Crippen molar-refractivity contribution in [1.82, 2.24) is 24.5 Å². The fourth-order valence-corrected chi connectivity index (χ4v) is 9.40. The van der Waals surface area contributed by atoms with Gasteiger partial charge >= 0.3 is 0 Å². The Balaban J connectivity index is 0.000000211. The van der Waals surface area contributed by atoms with Crippen molar-refractivity contribution in [3.63, 3.8) is 0 Å². The van der Waals surface area contributed by atoms with Crippen LogP contribution in [-0.2, 0) is 24.0 Å². The number of rotatable bonds is 6. The van der Waals surface area contributed by atoms with Gasteiger partial charge in [-0.3, -0.25) is 24.0 Å². The first-order chi connectivity index (χ1) is 29.9. The molecule has 0 radical (unpaired) electrons. The lowest BCUT2D eigenvalue weighted by Gasteiger charge is -2.38. The van der Waals surface area contributed by atoms with Crippen LogP contribution in [0.2, 0.25) is 0 Å². The number of piperidine rings is 1. The summed E-state index contributed by atoms with van der Waals surface area (Å²) in [5.74, 6) is 1.69. The lowest BCUT2D eigenvalue weighted by molar-refractivity contribution is -0.135. The molecule has 64 heavy (non-hydrogen) atoms. The van der Waals surface area contributed by atoms with E-state index in [0.717, 1.165) is 38.8 Å². The van der Waals surface area contributed by atoms with E-state index in [1.165, 1.54) is 48.8 Å². The maximum absolute atomic E-state index is 12.4. The van der Waals surface area contributed by atoms with Crippen molar-refractivity contribution in [1.29, 1.82) is 0 Å². The third-order valence-corrected chi connectivity index (χ3v) is 14.6. The van der Waals surface area contributed by atoms with Crippen molar-refractivity contribution < 1.29 is 24.0 Å². The fraction of sp³-hybridized carbons (Fsp3) is 0.685. The standard InChI is InChI=1S/C19H30N2O2.C18H28N2O2.C17H27NO/c1-15(22)20-10-12-21(13-11-20)17(23)7-6-16-14-18(2,3)8-9-19(16,4)5;1-14-7-8-18(3,4)16(13-14)5-6-17(22)20-11-9-19(10-12-20)15(2)21;1-14-9-10-17(2,3)15(13-14)7-8-16(19)18-11-5-4-6-12-18/h6-7,14H,8-13H2,1-5H3;5-6,13-14H,7-12H2,1-4H3;7-8,13-14H,4-6,9-12H2,1-3H3/b7-6+;6-5+;8-7+. The lowest BCUT2D eigenvalue weighted by atomic mass is 9.67. The van der Waals surface area contributed by atoms with E-state index in [-0.39, 0.29) is 51.2 Å². The number of amides is 5. The topological polar surface area (TPSA) is 102 Å². The van der Waals surface area contributed by atoms with E-state index in [1.54, 1.807) is 41.9 Å². The van der Waals surface area contributed by atoms with E-state index in [2.05, 4.69) is 93.5 Å². The first-order valence-electron chi connectivity index (χ1n) is 24.5. The molecule has 0 saturated carbocycles. The highest BCUT2D eigenvalue weighted by Crippen LogP contribution is 2.44. The molecule has 0 N–H and O–H groups in total. The quantitative estimate of drug-likeness (QED) is 0.248. The molecule has 6 aliphatic rings. The molecule has 3 aliphatic heterocycles. The molecule has 2 unspecified atom stereocenters.